The van der Waals surface area contributed by atoms with Crippen LogP contribution in [0.4, 0.5) is 9.93 Å². The molecule has 3 atom stereocenters. The molecule has 2 aliphatic carbocycles. The van der Waals surface area contributed by atoms with Gasteiger partial charge in [-0.25, -0.2) is 19.3 Å². The van der Waals surface area contributed by atoms with Crippen molar-refractivity contribution >= 4 is 63.9 Å². The van der Waals surface area contributed by atoms with Crippen molar-refractivity contribution in [2.75, 3.05) is 37.9 Å². The van der Waals surface area contributed by atoms with Crippen LogP contribution in [0.1, 0.15) is 69.9 Å². The number of amides is 2. The molecular formula is C32H45N9O7S3. The molecular weight excluding hydrogens is 719 g/mol. The number of thioether (sulfide) groups is 2. The average Bonchev–Trinajstić information content (AvgIpc) is 3.76. The van der Waals surface area contributed by atoms with Gasteiger partial charge < -0.3 is 30.2 Å². The Labute approximate surface area is 308 Å². The third-order valence-corrected chi connectivity index (χ3v) is 12.5. The number of hydrogen-bond donors (Lipinski definition) is 2. The van der Waals surface area contributed by atoms with Crippen LogP contribution in [0.5, 0.6) is 0 Å². The lowest BCUT2D eigenvalue weighted by Crippen LogP contribution is -2.70. The fraction of sp³-hybridized carbons (Fsp3) is 0.688. The van der Waals surface area contributed by atoms with Gasteiger partial charge >= 0.3 is 12.1 Å². The number of β-lactam (4-membered cyclic amide) rings is 1. The molecule has 1 unspecified atom stereocenters. The van der Waals surface area contributed by atoms with Crippen LogP contribution in [-0.4, -0.2) is 115 Å². The molecule has 3 fully saturated rings. The van der Waals surface area contributed by atoms with Crippen LogP contribution in [0.3, 0.4) is 0 Å². The van der Waals surface area contributed by atoms with E-state index in [1.54, 1.807) is 10.1 Å². The fourth-order valence-corrected chi connectivity index (χ4v) is 9.64. The van der Waals surface area contributed by atoms with E-state index in [-0.39, 0.29) is 30.0 Å². The predicted octanol–water partition coefficient (Wildman–Crippen LogP) is 3.20. The van der Waals surface area contributed by atoms with Gasteiger partial charge in [0.2, 0.25) is 11.1 Å². The Kier molecular flexibility index (Phi) is 12.7. The molecule has 4 aliphatic rings. The van der Waals surface area contributed by atoms with Crippen LogP contribution in [0, 0.1) is 5.92 Å². The van der Waals surface area contributed by atoms with Crippen molar-refractivity contribution in [3.05, 3.63) is 22.3 Å². The van der Waals surface area contributed by atoms with Gasteiger partial charge in [-0.15, -0.1) is 28.2 Å². The van der Waals surface area contributed by atoms with Gasteiger partial charge in [0.15, 0.2) is 5.13 Å². The molecule has 51 heavy (non-hydrogen) atoms. The average molecular weight is 764 g/mol. The molecule has 6 rings (SSSR count). The number of likely N-dealkylation sites (N-methyl/N-ethyl adjacent to an activating group) is 1. The highest BCUT2D eigenvalue weighted by Gasteiger charge is 2.55. The minimum absolute atomic E-state index is 0.0264. The van der Waals surface area contributed by atoms with Crippen LogP contribution in [0.2, 0.25) is 0 Å². The number of esters is 1. The molecule has 2 aromatic heterocycles. The molecule has 1 saturated heterocycles. The quantitative estimate of drug-likeness (QED) is 0.123. The van der Waals surface area contributed by atoms with Crippen LogP contribution < -0.4 is 11.1 Å². The first kappa shape index (κ1) is 37.3. The van der Waals surface area contributed by atoms with Crippen molar-refractivity contribution in [2.24, 2.45) is 5.92 Å². The molecule has 278 valence electrons. The Bertz CT molecular complexity index is 1590. The van der Waals surface area contributed by atoms with Crippen molar-refractivity contribution in [3.8, 4) is 0 Å². The van der Waals surface area contributed by atoms with E-state index in [1.165, 1.54) is 39.8 Å². The highest BCUT2D eigenvalue weighted by molar-refractivity contribution is 8.01. The van der Waals surface area contributed by atoms with Crippen LogP contribution in [0.25, 0.3) is 0 Å². The van der Waals surface area contributed by atoms with E-state index in [1.807, 2.05) is 19.0 Å². The van der Waals surface area contributed by atoms with E-state index in [9.17, 15) is 19.2 Å². The second kappa shape index (κ2) is 17.4. The van der Waals surface area contributed by atoms with Gasteiger partial charge in [-0.1, -0.05) is 37.4 Å². The summed E-state index contributed by atoms with van der Waals surface area (Å²) in [6.45, 7) is 1.30. The van der Waals surface area contributed by atoms with Crippen LogP contribution in [0.15, 0.2) is 21.8 Å². The molecule has 4 heterocycles. The summed E-state index contributed by atoms with van der Waals surface area (Å²) in [4.78, 5) is 61.5. The predicted molar refractivity (Wildman–Crippen MR) is 190 cm³/mol. The van der Waals surface area contributed by atoms with Gasteiger partial charge in [-0.2, -0.15) is 0 Å². The van der Waals surface area contributed by atoms with Crippen molar-refractivity contribution < 1.29 is 33.4 Å². The molecule has 19 heteroatoms. The van der Waals surface area contributed by atoms with Crippen molar-refractivity contribution in [1.82, 2.24) is 40.3 Å². The largest absolute Gasteiger partial charge is 0.511 e. The lowest BCUT2D eigenvalue weighted by atomic mass is 9.89. The fourth-order valence-electron chi connectivity index (χ4n) is 6.69. The lowest BCUT2D eigenvalue weighted by Gasteiger charge is -2.50. The Morgan fingerprint density at radius 3 is 2.55 bits per heavy atom. The first-order valence-electron chi connectivity index (χ1n) is 17.4. The molecule has 2 amide bonds. The molecule has 3 N–H and O–H groups in total. The van der Waals surface area contributed by atoms with Gasteiger partial charge in [-0.05, 0) is 68.6 Å². The van der Waals surface area contributed by atoms with Gasteiger partial charge in [0.05, 0.1) is 18.7 Å². The number of nitrogen functional groups attached to an aromatic ring is 1. The summed E-state index contributed by atoms with van der Waals surface area (Å²) in [5, 5.41) is 17.0. The van der Waals surface area contributed by atoms with E-state index >= 15 is 0 Å². The number of nitrogens with one attached hydrogen (secondary N) is 1. The van der Waals surface area contributed by atoms with Crippen LogP contribution in [-0.2, 0) is 41.6 Å². The van der Waals surface area contributed by atoms with Gasteiger partial charge in [-0.3, -0.25) is 14.5 Å². The summed E-state index contributed by atoms with van der Waals surface area (Å²) < 4.78 is 19.2. The third-order valence-electron chi connectivity index (χ3n) is 9.39. The highest BCUT2D eigenvalue weighted by atomic mass is 32.2. The van der Waals surface area contributed by atoms with Crippen molar-refractivity contribution in [1.29, 1.82) is 0 Å². The number of hydrogen-bond acceptors (Lipinski definition) is 16. The molecule has 0 radical (unpaired) electrons. The van der Waals surface area contributed by atoms with E-state index in [2.05, 4.69) is 25.8 Å². The van der Waals surface area contributed by atoms with Crippen molar-refractivity contribution in [2.45, 2.75) is 106 Å². The number of tetrazole rings is 1. The van der Waals surface area contributed by atoms with E-state index < -0.39 is 35.7 Å². The number of nitrogens with two attached hydrogens (primary N) is 1. The van der Waals surface area contributed by atoms with Gasteiger partial charge in [0.1, 0.15) is 23.2 Å². The number of fused-ring (bicyclic) bond motifs is 1. The van der Waals surface area contributed by atoms with Gasteiger partial charge in [0.25, 0.3) is 12.2 Å². The summed E-state index contributed by atoms with van der Waals surface area (Å²) in [6.07, 6.45) is 6.73. The number of ether oxygens (including phenoxy) is 3. The number of nitrogens with zero attached hydrogens (tertiary/aromatic N) is 7. The monoisotopic (exact) mass is 763 g/mol. The maximum atomic E-state index is 14.3. The molecule has 16 nitrogen and oxygen atoms in total. The van der Waals surface area contributed by atoms with Crippen molar-refractivity contribution in [3.63, 3.8) is 0 Å². The number of aromatic nitrogens is 5. The zero-order valence-electron chi connectivity index (χ0n) is 28.9. The maximum absolute atomic E-state index is 14.3. The molecule has 2 aromatic rings. The Morgan fingerprint density at radius 1 is 1.10 bits per heavy atom. The first-order valence-corrected chi connectivity index (χ1v) is 20.4. The zero-order chi connectivity index (χ0) is 35.9. The minimum Gasteiger partial charge on any atom is -0.431 e. The van der Waals surface area contributed by atoms with E-state index in [0.29, 0.717) is 39.6 Å². The Morgan fingerprint density at radius 2 is 1.84 bits per heavy atom. The summed E-state index contributed by atoms with van der Waals surface area (Å²) in [7, 11) is 3.93. The molecule has 0 spiro atoms. The number of carbonyl (C=O) groups is 4. The molecule has 0 bridgehead atoms. The SMILES string of the molecule is CN(C)CCn1nnnc1SCC1=C(C(=O)OC(OC(=O)OC2CCCCC2)C2CCCCC2)N2C(=O)[C@@H](NC(=O)Cc3csc(N)n3)[C@H]2SC1. The normalized spacial score (nSPS) is 21.9. The van der Waals surface area contributed by atoms with Crippen LogP contribution >= 0.6 is 34.9 Å². The summed E-state index contributed by atoms with van der Waals surface area (Å²) >= 11 is 4.04. The summed E-state index contributed by atoms with van der Waals surface area (Å²) in [6, 6.07) is -0.843. The van der Waals surface area contributed by atoms with Gasteiger partial charge in [0, 0.05) is 29.3 Å². The number of anilines is 1. The standard InChI is InChI=1S/C32H45N9O7S3/c1-39(2)13-14-40-31(36-37-38-40)51-17-20-16-49-27-24(35-23(42)15-21-18-50-30(33)34-21)26(43)41(27)25(20)28(44)47-29(19-9-5-3-6-10-19)48-32(45)46-22-11-7-4-8-12-22/h18-19,22,24,27,29H,3-17H2,1-2H3,(H2,33,34)(H,35,42)/t24-,27-,29?/m1/s1. The topological polar surface area (TPSA) is 197 Å². The lowest BCUT2D eigenvalue weighted by molar-refractivity contribution is -0.184. The molecule has 0 aromatic carbocycles. The third kappa shape index (κ3) is 9.53. The Balaban J connectivity index is 1.20. The minimum atomic E-state index is -1.17. The number of rotatable bonds is 14. The number of thiazole rings is 1. The second-order valence-electron chi connectivity index (χ2n) is 13.5. The highest BCUT2D eigenvalue weighted by Crippen LogP contribution is 2.42. The smallest absolute Gasteiger partial charge is 0.431 e. The zero-order valence-corrected chi connectivity index (χ0v) is 31.3. The summed E-state index contributed by atoms with van der Waals surface area (Å²) in [5.41, 5.74) is 6.97. The van der Waals surface area contributed by atoms with E-state index in [0.717, 1.165) is 70.8 Å². The molecule has 2 aliphatic heterocycles. The Hall–Kier alpha value is -3.42. The number of carbonyl (C=O) groups excluding carboxylic acids is 4. The van der Waals surface area contributed by atoms with E-state index in [4.69, 9.17) is 19.9 Å². The second-order valence-corrected chi connectivity index (χ2v) is 16.4. The molecule has 2 saturated carbocycles. The summed E-state index contributed by atoms with van der Waals surface area (Å²) in [5.74, 6) is -1.08. The first-order chi connectivity index (χ1) is 24.7. The maximum Gasteiger partial charge on any atom is 0.511 e.